The molecule has 0 aliphatic heterocycles. The van der Waals surface area contributed by atoms with Gasteiger partial charge in [0.05, 0.1) is 11.0 Å². The van der Waals surface area contributed by atoms with Crippen molar-refractivity contribution in [2.24, 2.45) is 7.05 Å². The van der Waals surface area contributed by atoms with Crippen LogP contribution in [0.5, 0.6) is 5.75 Å². The number of carbonyl (C=O) groups excluding carboxylic acids is 1. The molecule has 4 rings (SSSR count). The molecule has 0 aliphatic rings. The Labute approximate surface area is 175 Å². The average molecular weight is 403 g/mol. The maximum Gasteiger partial charge on any atom is 0.293 e. The first-order valence-electron chi connectivity index (χ1n) is 9.86. The van der Waals surface area contributed by atoms with Crippen LogP contribution in [-0.2, 0) is 19.1 Å². The number of nitrogens with zero attached hydrogens (tertiary/aromatic N) is 2. The van der Waals surface area contributed by atoms with Crippen molar-refractivity contribution in [3.05, 3.63) is 77.7 Å². The van der Waals surface area contributed by atoms with E-state index < -0.39 is 0 Å². The summed E-state index contributed by atoms with van der Waals surface area (Å²) < 4.78 is 13.3. The maximum absolute atomic E-state index is 12.6. The lowest BCUT2D eigenvalue weighted by molar-refractivity contribution is 0.0991. The summed E-state index contributed by atoms with van der Waals surface area (Å²) in [5, 5.41) is 2.80. The molecule has 0 spiro atoms. The zero-order valence-corrected chi connectivity index (χ0v) is 17.6. The van der Waals surface area contributed by atoms with Gasteiger partial charge in [-0.25, -0.2) is 4.98 Å². The second-order valence-corrected chi connectivity index (χ2v) is 8.27. The Morgan fingerprint density at radius 1 is 1.07 bits per heavy atom. The Morgan fingerprint density at radius 2 is 1.80 bits per heavy atom. The van der Waals surface area contributed by atoms with Crippen molar-refractivity contribution >= 4 is 22.9 Å². The molecule has 2 aromatic heterocycles. The SMILES string of the molecule is Cn1c(NC(=O)c2ccc(COc3ccc(C(C)(C)C)cc3)o2)nc2ccccc21. The number of ether oxygens (including phenoxy) is 1. The number of amides is 1. The number of imidazole rings is 1. The average Bonchev–Trinajstić information content (AvgIpc) is 3.32. The van der Waals surface area contributed by atoms with Gasteiger partial charge in [0.1, 0.15) is 18.1 Å². The molecule has 1 amide bonds. The van der Waals surface area contributed by atoms with E-state index in [9.17, 15) is 4.79 Å². The standard InChI is InChI=1S/C24H25N3O3/c1-24(2,3)16-9-11-17(12-10-16)29-15-18-13-14-21(30-18)22(28)26-23-25-19-7-5-6-8-20(19)27(23)4/h5-14H,15H2,1-4H3,(H,25,26,28). The number of nitrogens with one attached hydrogen (secondary N) is 1. The van der Waals surface area contributed by atoms with Crippen molar-refractivity contribution in [2.75, 3.05) is 5.32 Å². The number of aromatic nitrogens is 2. The molecule has 0 saturated heterocycles. The van der Waals surface area contributed by atoms with E-state index in [2.05, 4.69) is 43.2 Å². The van der Waals surface area contributed by atoms with Crippen molar-refractivity contribution < 1.29 is 13.9 Å². The van der Waals surface area contributed by atoms with E-state index in [-0.39, 0.29) is 23.7 Å². The summed E-state index contributed by atoms with van der Waals surface area (Å²) in [6.45, 7) is 6.76. The molecule has 0 saturated carbocycles. The first-order valence-corrected chi connectivity index (χ1v) is 9.86. The van der Waals surface area contributed by atoms with Crippen LogP contribution in [0.25, 0.3) is 11.0 Å². The van der Waals surface area contributed by atoms with Gasteiger partial charge in [-0.3, -0.25) is 10.1 Å². The molecule has 0 aliphatic carbocycles. The summed E-state index contributed by atoms with van der Waals surface area (Å²) in [4.78, 5) is 17.0. The number of furan rings is 1. The van der Waals surface area contributed by atoms with Gasteiger partial charge < -0.3 is 13.7 Å². The molecule has 0 unspecified atom stereocenters. The molecule has 154 valence electrons. The summed E-state index contributed by atoms with van der Waals surface area (Å²) in [6.07, 6.45) is 0. The number of hydrogen-bond acceptors (Lipinski definition) is 4. The minimum atomic E-state index is -0.353. The van der Waals surface area contributed by atoms with Crippen molar-refractivity contribution in [3.63, 3.8) is 0 Å². The third kappa shape index (κ3) is 4.08. The Morgan fingerprint density at radius 3 is 2.50 bits per heavy atom. The quantitative estimate of drug-likeness (QED) is 0.491. The van der Waals surface area contributed by atoms with Crippen LogP contribution in [0.4, 0.5) is 5.95 Å². The summed E-state index contributed by atoms with van der Waals surface area (Å²) in [5.41, 5.74) is 3.11. The highest BCUT2D eigenvalue weighted by Crippen LogP contribution is 2.25. The third-order valence-corrected chi connectivity index (χ3v) is 5.00. The van der Waals surface area contributed by atoms with E-state index >= 15 is 0 Å². The molecule has 1 N–H and O–H groups in total. The summed E-state index contributed by atoms with van der Waals surface area (Å²) in [7, 11) is 1.86. The third-order valence-electron chi connectivity index (χ3n) is 5.00. The molecule has 30 heavy (non-hydrogen) atoms. The van der Waals surface area contributed by atoms with Crippen LogP contribution in [0.15, 0.2) is 65.1 Å². The van der Waals surface area contributed by atoms with Gasteiger partial charge in [-0.05, 0) is 47.4 Å². The summed E-state index contributed by atoms with van der Waals surface area (Å²) in [5.74, 6) is 1.66. The zero-order chi connectivity index (χ0) is 21.3. The predicted octanol–water partition coefficient (Wildman–Crippen LogP) is 5.30. The highest BCUT2D eigenvalue weighted by Gasteiger charge is 2.16. The fourth-order valence-corrected chi connectivity index (χ4v) is 3.20. The number of benzene rings is 2. The Balaban J connectivity index is 1.39. The van der Waals surface area contributed by atoms with E-state index in [1.165, 1.54) is 5.56 Å². The molecular formula is C24H25N3O3. The van der Waals surface area contributed by atoms with E-state index in [0.29, 0.717) is 11.7 Å². The Hall–Kier alpha value is -3.54. The first-order chi connectivity index (χ1) is 14.3. The summed E-state index contributed by atoms with van der Waals surface area (Å²) in [6, 6.07) is 19.1. The maximum atomic E-state index is 12.6. The van der Waals surface area contributed by atoms with Gasteiger partial charge in [0.15, 0.2) is 5.76 Å². The van der Waals surface area contributed by atoms with Gasteiger partial charge in [0.25, 0.3) is 5.91 Å². The number of hydrogen-bond donors (Lipinski definition) is 1. The number of rotatable bonds is 5. The van der Waals surface area contributed by atoms with Crippen LogP contribution in [0.1, 0.15) is 42.6 Å². The van der Waals surface area contributed by atoms with Gasteiger partial charge in [-0.2, -0.15) is 0 Å². The van der Waals surface area contributed by atoms with Crippen molar-refractivity contribution in [3.8, 4) is 5.75 Å². The molecule has 0 radical (unpaired) electrons. The van der Waals surface area contributed by atoms with Crippen LogP contribution in [0, 0.1) is 0 Å². The van der Waals surface area contributed by atoms with Gasteiger partial charge in [-0.1, -0.05) is 45.0 Å². The minimum Gasteiger partial charge on any atom is -0.486 e. The first kappa shape index (κ1) is 19.8. The van der Waals surface area contributed by atoms with E-state index in [0.717, 1.165) is 16.8 Å². The monoisotopic (exact) mass is 403 g/mol. The van der Waals surface area contributed by atoms with Crippen LogP contribution in [0.2, 0.25) is 0 Å². The van der Waals surface area contributed by atoms with Crippen LogP contribution in [0.3, 0.4) is 0 Å². The fraction of sp³-hybridized carbons (Fsp3) is 0.250. The number of fused-ring (bicyclic) bond motifs is 1. The number of carbonyl (C=O) groups is 1. The topological polar surface area (TPSA) is 69.3 Å². The van der Waals surface area contributed by atoms with Gasteiger partial charge in [-0.15, -0.1) is 0 Å². The molecule has 6 heteroatoms. The Kier molecular flexibility index (Phi) is 5.08. The molecule has 4 aromatic rings. The predicted molar refractivity (Wildman–Crippen MR) is 117 cm³/mol. The van der Waals surface area contributed by atoms with E-state index in [4.69, 9.17) is 9.15 Å². The van der Waals surface area contributed by atoms with Crippen LogP contribution >= 0.6 is 0 Å². The number of aryl methyl sites for hydroxylation is 1. The zero-order valence-electron chi connectivity index (χ0n) is 17.6. The molecule has 0 atom stereocenters. The lowest BCUT2D eigenvalue weighted by Crippen LogP contribution is -2.14. The highest BCUT2D eigenvalue weighted by atomic mass is 16.5. The van der Waals surface area contributed by atoms with Crippen molar-refractivity contribution in [1.82, 2.24) is 9.55 Å². The molecule has 0 fully saturated rings. The largest absolute Gasteiger partial charge is 0.486 e. The van der Waals surface area contributed by atoms with Crippen LogP contribution < -0.4 is 10.1 Å². The summed E-state index contributed by atoms with van der Waals surface area (Å²) >= 11 is 0. The lowest BCUT2D eigenvalue weighted by atomic mass is 9.87. The second kappa shape index (κ2) is 7.71. The molecular weight excluding hydrogens is 378 g/mol. The number of anilines is 1. The highest BCUT2D eigenvalue weighted by molar-refractivity contribution is 6.02. The van der Waals surface area contributed by atoms with Gasteiger partial charge >= 0.3 is 0 Å². The van der Waals surface area contributed by atoms with E-state index in [1.54, 1.807) is 12.1 Å². The molecule has 0 bridgehead atoms. The molecule has 6 nitrogen and oxygen atoms in total. The van der Waals surface area contributed by atoms with Crippen molar-refractivity contribution in [1.29, 1.82) is 0 Å². The lowest BCUT2D eigenvalue weighted by Gasteiger charge is -2.19. The fourth-order valence-electron chi connectivity index (χ4n) is 3.20. The normalized spacial score (nSPS) is 11.6. The smallest absolute Gasteiger partial charge is 0.293 e. The van der Waals surface area contributed by atoms with Gasteiger partial charge in [0, 0.05) is 7.05 Å². The van der Waals surface area contributed by atoms with E-state index in [1.807, 2.05) is 48.0 Å². The molecule has 2 heterocycles. The van der Waals surface area contributed by atoms with Crippen LogP contribution in [-0.4, -0.2) is 15.5 Å². The second-order valence-electron chi connectivity index (χ2n) is 8.27. The Bertz CT molecular complexity index is 1180. The minimum absolute atomic E-state index is 0.0981. The number of para-hydroxylation sites is 2. The molecule has 2 aromatic carbocycles. The van der Waals surface area contributed by atoms with Crippen molar-refractivity contribution in [2.45, 2.75) is 32.8 Å². The van der Waals surface area contributed by atoms with Gasteiger partial charge in [0.2, 0.25) is 5.95 Å².